The third kappa shape index (κ3) is 2.81. The summed E-state index contributed by atoms with van der Waals surface area (Å²) < 4.78 is 5.05. The number of fused-ring (bicyclic) bond motifs is 5. The van der Waals surface area contributed by atoms with Crippen molar-refractivity contribution >= 4 is 17.5 Å². The maximum Gasteiger partial charge on any atom is 0.305 e. The minimum atomic E-state index is -1.47. The summed E-state index contributed by atoms with van der Waals surface area (Å²) in [5.74, 6) is -0.270. The summed E-state index contributed by atoms with van der Waals surface area (Å²) in [7, 11) is 0. The molecular weight excluding hydrogens is 368 g/mol. The predicted molar refractivity (Wildman–Crippen MR) is 108 cm³/mol. The lowest BCUT2D eigenvalue weighted by Gasteiger charge is -2.53. The Morgan fingerprint density at radius 3 is 2.76 bits per heavy atom. The number of Topliss-reactive ketones (excluding diaryl/α,β-unsaturated/α-hetero) is 1. The van der Waals surface area contributed by atoms with Crippen LogP contribution in [0.5, 0.6) is 0 Å². The molecule has 4 aliphatic rings. The topological polar surface area (TPSA) is 80.7 Å². The molecule has 1 N–H and O–H groups in total. The van der Waals surface area contributed by atoms with Crippen LogP contribution in [0.25, 0.3) is 0 Å². The van der Waals surface area contributed by atoms with Crippen molar-refractivity contribution < 1.29 is 24.2 Å². The molecule has 0 bridgehead atoms. The minimum Gasteiger partial charge on any atom is -0.458 e. The fourth-order valence-electron chi connectivity index (χ4n) is 6.36. The SMILES string of the molecule is CCC(=O)OCC(=O)[C@@]1(O)CC[C@H]2[C@@H]3CCC4=CC(=O)C=C[C@]4(C)C3=CC[C@@]21C. The fourth-order valence-corrected chi connectivity index (χ4v) is 6.36. The highest BCUT2D eigenvalue weighted by Crippen LogP contribution is 2.65. The molecule has 0 aliphatic heterocycles. The van der Waals surface area contributed by atoms with Crippen molar-refractivity contribution in [3.8, 4) is 0 Å². The Labute approximate surface area is 171 Å². The first-order valence-corrected chi connectivity index (χ1v) is 10.7. The van der Waals surface area contributed by atoms with Crippen molar-refractivity contribution in [2.45, 2.75) is 64.9 Å². The molecule has 2 saturated carbocycles. The van der Waals surface area contributed by atoms with Gasteiger partial charge in [-0.25, -0.2) is 0 Å². The number of allylic oxidation sites excluding steroid dienone is 6. The van der Waals surface area contributed by atoms with E-state index in [1.54, 1.807) is 19.1 Å². The maximum atomic E-state index is 12.9. The normalized spacial score (nSPS) is 40.3. The monoisotopic (exact) mass is 398 g/mol. The first-order valence-electron chi connectivity index (χ1n) is 10.7. The summed E-state index contributed by atoms with van der Waals surface area (Å²) in [5.41, 5.74) is 0.230. The summed E-state index contributed by atoms with van der Waals surface area (Å²) in [6.45, 7) is 5.52. The van der Waals surface area contributed by atoms with Crippen molar-refractivity contribution in [1.82, 2.24) is 0 Å². The van der Waals surface area contributed by atoms with Gasteiger partial charge in [0.15, 0.2) is 12.4 Å². The van der Waals surface area contributed by atoms with Gasteiger partial charge in [-0.2, -0.15) is 0 Å². The van der Waals surface area contributed by atoms with Crippen LogP contribution in [0.15, 0.2) is 35.5 Å². The van der Waals surface area contributed by atoms with Gasteiger partial charge >= 0.3 is 5.97 Å². The maximum absolute atomic E-state index is 12.9. The van der Waals surface area contributed by atoms with Crippen LogP contribution < -0.4 is 0 Å². The zero-order valence-corrected chi connectivity index (χ0v) is 17.5. The van der Waals surface area contributed by atoms with Crippen LogP contribution in [-0.4, -0.2) is 34.9 Å². The van der Waals surface area contributed by atoms with Crippen LogP contribution >= 0.6 is 0 Å². The van der Waals surface area contributed by atoms with E-state index in [-0.39, 0.29) is 41.8 Å². The van der Waals surface area contributed by atoms with Gasteiger partial charge in [0.1, 0.15) is 5.60 Å². The van der Waals surface area contributed by atoms with Crippen LogP contribution in [0, 0.1) is 22.7 Å². The Morgan fingerprint density at radius 2 is 2.03 bits per heavy atom. The van der Waals surface area contributed by atoms with Gasteiger partial charge < -0.3 is 9.84 Å². The van der Waals surface area contributed by atoms with Crippen LogP contribution in [0.4, 0.5) is 0 Å². The summed E-state index contributed by atoms with van der Waals surface area (Å²) in [4.78, 5) is 36.3. The van der Waals surface area contributed by atoms with E-state index >= 15 is 0 Å². The highest BCUT2D eigenvalue weighted by Gasteiger charge is 2.64. The smallest absolute Gasteiger partial charge is 0.305 e. The summed E-state index contributed by atoms with van der Waals surface area (Å²) in [5, 5.41) is 11.5. The first kappa shape index (κ1) is 20.3. The molecule has 0 radical (unpaired) electrons. The number of ketones is 2. The Morgan fingerprint density at radius 1 is 1.28 bits per heavy atom. The summed E-state index contributed by atoms with van der Waals surface area (Å²) >= 11 is 0. The Hall–Kier alpha value is -2.01. The van der Waals surface area contributed by atoms with E-state index in [9.17, 15) is 19.5 Å². The molecule has 5 heteroatoms. The molecule has 2 fully saturated rings. The van der Waals surface area contributed by atoms with E-state index < -0.39 is 17.0 Å². The Bertz CT molecular complexity index is 864. The van der Waals surface area contributed by atoms with Crippen LogP contribution in [0.2, 0.25) is 0 Å². The number of rotatable bonds is 4. The molecule has 29 heavy (non-hydrogen) atoms. The third-order valence-corrected chi connectivity index (χ3v) is 8.21. The molecular formula is C24H30O5. The van der Waals surface area contributed by atoms with Gasteiger partial charge in [-0.15, -0.1) is 0 Å². The standard InChI is InChI=1S/C24H30O5/c1-4-21(27)29-14-20(26)24(28)12-9-19-17-6-5-15-13-16(25)7-10-22(15,2)18(17)8-11-23(19,24)3/h7-8,10,13,17,19,28H,4-6,9,11-12,14H2,1-3H3/t17-,19+,22+,23+,24+/m1/s1. The molecule has 4 aliphatic carbocycles. The molecule has 0 aromatic carbocycles. The van der Waals surface area contributed by atoms with Crippen molar-refractivity contribution in [1.29, 1.82) is 0 Å². The number of esters is 1. The quantitative estimate of drug-likeness (QED) is 0.579. The average Bonchev–Trinajstić information content (AvgIpc) is 2.98. The number of hydrogen-bond acceptors (Lipinski definition) is 5. The second-order valence-corrected chi connectivity index (χ2v) is 9.48. The second-order valence-electron chi connectivity index (χ2n) is 9.48. The molecule has 0 spiro atoms. The molecule has 4 rings (SSSR count). The average molecular weight is 398 g/mol. The molecule has 0 aromatic rings. The first-order chi connectivity index (χ1) is 13.7. The van der Waals surface area contributed by atoms with E-state index in [0.717, 1.165) is 19.3 Å². The number of carbonyl (C=O) groups excluding carboxylic acids is 3. The molecule has 0 saturated heterocycles. The summed E-state index contributed by atoms with van der Waals surface area (Å²) in [6, 6.07) is 0. The molecule has 5 atom stereocenters. The van der Waals surface area contributed by atoms with Gasteiger partial charge in [0.2, 0.25) is 5.78 Å². The predicted octanol–water partition coefficient (Wildman–Crippen LogP) is 3.47. The van der Waals surface area contributed by atoms with E-state index in [1.807, 2.05) is 13.0 Å². The minimum absolute atomic E-state index is 0.0552. The number of carbonyl (C=O) groups is 3. The molecule has 5 nitrogen and oxygen atoms in total. The zero-order chi connectivity index (χ0) is 21.0. The van der Waals surface area contributed by atoms with Gasteiger partial charge in [0.25, 0.3) is 0 Å². The van der Waals surface area contributed by atoms with E-state index in [1.165, 1.54) is 11.1 Å². The van der Waals surface area contributed by atoms with Crippen molar-refractivity contribution in [3.05, 3.63) is 35.5 Å². The van der Waals surface area contributed by atoms with Crippen molar-refractivity contribution in [3.63, 3.8) is 0 Å². The van der Waals surface area contributed by atoms with Crippen LogP contribution in [0.1, 0.15) is 59.3 Å². The zero-order valence-electron chi connectivity index (χ0n) is 17.5. The molecule has 0 heterocycles. The van der Waals surface area contributed by atoms with Gasteiger partial charge in [-0.05, 0) is 63.0 Å². The summed E-state index contributed by atoms with van der Waals surface area (Å²) in [6.07, 6.45) is 11.5. The van der Waals surface area contributed by atoms with Gasteiger partial charge in [-0.1, -0.05) is 37.1 Å². The lowest BCUT2D eigenvalue weighted by atomic mass is 9.51. The van der Waals surface area contributed by atoms with E-state index in [4.69, 9.17) is 4.74 Å². The van der Waals surface area contributed by atoms with Gasteiger partial charge in [0, 0.05) is 17.3 Å². The lowest BCUT2D eigenvalue weighted by Crippen LogP contribution is -2.55. The van der Waals surface area contributed by atoms with Gasteiger partial charge in [0.05, 0.1) is 0 Å². The highest BCUT2D eigenvalue weighted by molar-refractivity contribution is 6.01. The molecule has 0 aromatic heterocycles. The van der Waals surface area contributed by atoms with Crippen molar-refractivity contribution in [2.24, 2.45) is 22.7 Å². The number of ether oxygens (including phenoxy) is 1. The number of aliphatic hydroxyl groups is 1. The largest absolute Gasteiger partial charge is 0.458 e. The lowest BCUT2D eigenvalue weighted by molar-refractivity contribution is -0.163. The van der Waals surface area contributed by atoms with Crippen LogP contribution in [0.3, 0.4) is 0 Å². The fraction of sp³-hybridized carbons (Fsp3) is 0.625. The second kappa shape index (κ2) is 6.76. The van der Waals surface area contributed by atoms with E-state index in [2.05, 4.69) is 13.0 Å². The highest BCUT2D eigenvalue weighted by atomic mass is 16.5. The Kier molecular flexibility index (Phi) is 4.73. The number of hydrogen-bond donors (Lipinski definition) is 1. The third-order valence-electron chi connectivity index (χ3n) is 8.21. The van der Waals surface area contributed by atoms with Crippen molar-refractivity contribution in [2.75, 3.05) is 6.61 Å². The molecule has 0 unspecified atom stereocenters. The van der Waals surface area contributed by atoms with E-state index in [0.29, 0.717) is 12.8 Å². The molecule has 156 valence electrons. The van der Waals surface area contributed by atoms with Gasteiger partial charge in [-0.3, -0.25) is 14.4 Å². The molecule has 0 amide bonds. The Balaban J connectivity index is 1.64. The van der Waals surface area contributed by atoms with Crippen LogP contribution in [-0.2, 0) is 19.1 Å².